The van der Waals surface area contributed by atoms with Gasteiger partial charge in [0.25, 0.3) is 5.56 Å². The Morgan fingerprint density at radius 2 is 1.76 bits per heavy atom. The molecular weight excluding hydrogens is 368 g/mol. The van der Waals surface area contributed by atoms with Crippen LogP contribution in [0.3, 0.4) is 0 Å². The second kappa shape index (κ2) is 9.11. The fraction of sp³-hybridized carbons (Fsp3) is 0.500. The Kier molecular flexibility index (Phi) is 6.56. The van der Waals surface area contributed by atoms with Crippen molar-refractivity contribution < 1.29 is 4.74 Å². The van der Waals surface area contributed by atoms with Gasteiger partial charge in [-0.15, -0.1) is 0 Å². The predicted molar refractivity (Wildman–Crippen MR) is 115 cm³/mol. The highest BCUT2D eigenvalue weighted by Crippen LogP contribution is 2.26. The van der Waals surface area contributed by atoms with E-state index < -0.39 is 5.69 Å². The topological polar surface area (TPSA) is 71.1 Å². The van der Waals surface area contributed by atoms with Crippen LogP contribution in [0.4, 0.5) is 0 Å². The SMILES string of the molecule is CCCCC(CC)CCn1c(Oc2ccccc2)nc2c1c(=O)n(C)c(=O)n2C. The number of benzene rings is 1. The predicted octanol–water partition coefficient (Wildman–Crippen LogP) is 3.83. The molecule has 2 aromatic heterocycles. The molecule has 0 amide bonds. The van der Waals surface area contributed by atoms with Crippen LogP contribution >= 0.6 is 0 Å². The third-order valence-corrected chi connectivity index (χ3v) is 5.57. The van der Waals surface area contributed by atoms with Gasteiger partial charge in [-0.05, 0) is 24.5 Å². The van der Waals surface area contributed by atoms with E-state index >= 15 is 0 Å². The van der Waals surface area contributed by atoms with Gasteiger partial charge in [-0.2, -0.15) is 4.98 Å². The number of aromatic nitrogens is 4. The van der Waals surface area contributed by atoms with Gasteiger partial charge >= 0.3 is 11.7 Å². The summed E-state index contributed by atoms with van der Waals surface area (Å²) in [4.78, 5) is 29.8. The average Bonchev–Trinajstić information content (AvgIpc) is 3.10. The lowest BCUT2D eigenvalue weighted by atomic mass is 9.96. The van der Waals surface area contributed by atoms with Crippen LogP contribution in [0, 0.1) is 5.92 Å². The molecule has 3 rings (SSSR count). The smallest absolute Gasteiger partial charge is 0.332 e. The van der Waals surface area contributed by atoms with Gasteiger partial charge in [0.15, 0.2) is 11.2 Å². The number of unbranched alkanes of at least 4 members (excludes halogenated alkanes) is 1. The van der Waals surface area contributed by atoms with Crippen LogP contribution < -0.4 is 16.0 Å². The normalized spacial score (nSPS) is 12.4. The van der Waals surface area contributed by atoms with Crippen LogP contribution in [-0.4, -0.2) is 18.7 Å². The van der Waals surface area contributed by atoms with Crippen LogP contribution in [0.15, 0.2) is 39.9 Å². The molecule has 1 aromatic carbocycles. The van der Waals surface area contributed by atoms with Crippen molar-refractivity contribution in [1.82, 2.24) is 18.7 Å². The molecule has 0 radical (unpaired) electrons. The number of ether oxygens (including phenoxy) is 1. The van der Waals surface area contributed by atoms with E-state index in [2.05, 4.69) is 18.8 Å². The molecule has 7 nitrogen and oxygen atoms in total. The Balaban J connectivity index is 2.07. The standard InChI is InChI=1S/C22H30N4O3/c1-5-7-11-16(6-2)14-15-26-18-19(24(3)22(28)25(4)20(18)27)23-21(26)29-17-12-9-8-10-13-17/h8-10,12-13,16H,5-7,11,14-15H2,1-4H3. The Hall–Kier alpha value is -2.83. The monoisotopic (exact) mass is 398 g/mol. The van der Waals surface area contributed by atoms with Gasteiger partial charge in [-0.1, -0.05) is 57.7 Å². The quantitative estimate of drug-likeness (QED) is 0.549. The van der Waals surface area contributed by atoms with Crippen molar-refractivity contribution in [2.45, 2.75) is 52.5 Å². The first-order valence-electron chi connectivity index (χ1n) is 10.4. The summed E-state index contributed by atoms with van der Waals surface area (Å²) in [5, 5.41) is 0. The lowest BCUT2D eigenvalue weighted by Crippen LogP contribution is -2.37. The molecule has 1 unspecified atom stereocenters. The third kappa shape index (κ3) is 4.28. The van der Waals surface area contributed by atoms with Crippen molar-refractivity contribution in [2.75, 3.05) is 0 Å². The molecule has 0 aliphatic carbocycles. The zero-order valence-corrected chi connectivity index (χ0v) is 17.7. The van der Waals surface area contributed by atoms with Crippen molar-refractivity contribution in [3.63, 3.8) is 0 Å². The summed E-state index contributed by atoms with van der Waals surface area (Å²) in [5.74, 6) is 1.22. The number of hydrogen-bond donors (Lipinski definition) is 0. The first kappa shape index (κ1) is 20.9. The highest BCUT2D eigenvalue weighted by atomic mass is 16.5. The number of hydrogen-bond acceptors (Lipinski definition) is 4. The number of fused-ring (bicyclic) bond motifs is 1. The molecule has 0 fully saturated rings. The van der Waals surface area contributed by atoms with Crippen molar-refractivity contribution in [3.8, 4) is 11.8 Å². The Morgan fingerprint density at radius 1 is 1.03 bits per heavy atom. The van der Waals surface area contributed by atoms with Crippen molar-refractivity contribution >= 4 is 11.2 Å². The lowest BCUT2D eigenvalue weighted by Gasteiger charge is -2.16. The Labute approximate surface area is 170 Å². The van der Waals surface area contributed by atoms with E-state index in [0.29, 0.717) is 35.4 Å². The second-order valence-corrected chi connectivity index (χ2v) is 7.54. The van der Waals surface area contributed by atoms with Crippen LogP contribution in [0.5, 0.6) is 11.8 Å². The maximum atomic E-state index is 12.9. The number of nitrogens with zero attached hydrogens (tertiary/aromatic N) is 4. The molecule has 0 spiro atoms. The Morgan fingerprint density at radius 3 is 2.41 bits per heavy atom. The summed E-state index contributed by atoms with van der Waals surface area (Å²) >= 11 is 0. The van der Waals surface area contributed by atoms with E-state index in [0.717, 1.165) is 17.4 Å². The van der Waals surface area contributed by atoms with Gasteiger partial charge in [0.1, 0.15) is 5.75 Å². The van der Waals surface area contributed by atoms with Gasteiger partial charge in [0, 0.05) is 20.6 Å². The summed E-state index contributed by atoms with van der Waals surface area (Å²) in [5.41, 5.74) is 0.0180. The first-order valence-corrected chi connectivity index (χ1v) is 10.4. The molecule has 0 aliphatic rings. The first-order chi connectivity index (χ1) is 14.0. The summed E-state index contributed by atoms with van der Waals surface area (Å²) in [6.45, 7) is 5.02. The summed E-state index contributed by atoms with van der Waals surface area (Å²) in [6, 6.07) is 9.71. The highest BCUT2D eigenvalue weighted by molar-refractivity contribution is 5.72. The number of imidazole rings is 1. The number of rotatable bonds is 9. The number of aryl methyl sites for hydroxylation is 2. The average molecular weight is 399 g/mol. The molecule has 0 aliphatic heterocycles. The molecular formula is C22H30N4O3. The number of para-hydroxylation sites is 1. The molecule has 0 saturated carbocycles. The lowest BCUT2D eigenvalue weighted by molar-refractivity contribution is 0.367. The van der Waals surface area contributed by atoms with Crippen LogP contribution in [0.1, 0.15) is 46.0 Å². The van der Waals surface area contributed by atoms with Crippen molar-refractivity contribution in [2.24, 2.45) is 20.0 Å². The van der Waals surface area contributed by atoms with Crippen molar-refractivity contribution in [3.05, 3.63) is 51.2 Å². The van der Waals surface area contributed by atoms with Gasteiger partial charge in [0.2, 0.25) is 0 Å². The van der Waals surface area contributed by atoms with E-state index in [1.807, 2.05) is 34.9 Å². The van der Waals surface area contributed by atoms with E-state index in [4.69, 9.17) is 4.74 Å². The summed E-state index contributed by atoms with van der Waals surface area (Å²) in [7, 11) is 3.12. The zero-order chi connectivity index (χ0) is 21.0. The van der Waals surface area contributed by atoms with Crippen molar-refractivity contribution in [1.29, 1.82) is 0 Å². The molecule has 0 N–H and O–H groups in total. The van der Waals surface area contributed by atoms with E-state index in [9.17, 15) is 9.59 Å². The minimum atomic E-state index is -0.396. The molecule has 2 heterocycles. The molecule has 0 bridgehead atoms. The maximum absolute atomic E-state index is 12.9. The molecule has 0 saturated heterocycles. The summed E-state index contributed by atoms with van der Waals surface area (Å²) in [6.07, 6.45) is 5.57. The minimum absolute atomic E-state index is 0.342. The fourth-order valence-electron chi connectivity index (χ4n) is 3.66. The van der Waals surface area contributed by atoms with E-state index in [1.54, 1.807) is 7.05 Å². The zero-order valence-electron chi connectivity index (χ0n) is 17.7. The van der Waals surface area contributed by atoms with Gasteiger partial charge in [-0.25, -0.2) is 4.79 Å². The van der Waals surface area contributed by atoms with Gasteiger partial charge in [0.05, 0.1) is 0 Å². The van der Waals surface area contributed by atoms with E-state index in [1.165, 1.54) is 30.9 Å². The van der Waals surface area contributed by atoms with Crippen LogP contribution in [-0.2, 0) is 20.6 Å². The van der Waals surface area contributed by atoms with E-state index in [-0.39, 0.29) is 5.56 Å². The molecule has 3 aromatic rings. The molecule has 7 heteroatoms. The summed E-state index contributed by atoms with van der Waals surface area (Å²) < 4.78 is 10.4. The second-order valence-electron chi connectivity index (χ2n) is 7.54. The fourth-order valence-corrected chi connectivity index (χ4v) is 3.66. The van der Waals surface area contributed by atoms with Gasteiger partial charge < -0.3 is 4.74 Å². The third-order valence-electron chi connectivity index (χ3n) is 5.57. The minimum Gasteiger partial charge on any atom is -0.425 e. The molecule has 1 atom stereocenters. The van der Waals surface area contributed by atoms with Crippen LogP contribution in [0.25, 0.3) is 11.2 Å². The molecule has 29 heavy (non-hydrogen) atoms. The highest BCUT2D eigenvalue weighted by Gasteiger charge is 2.21. The largest absolute Gasteiger partial charge is 0.425 e. The molecule has 156 valence electrons. The Bertz CT molecular complexity index is 1080. The van der Waals surface area contributed by atoms with Crippen LogP contribution in [0.2, 0.25) is 0 Å². The van der Waals surface area contributed by atoms with Gasteiger partial charge in [-0.3, -0.25) is 18.5 Å². The maximum Gasteiger partial charge on any atom is 0.332 e.